The third-order valence-corrected chi connectivity index (χ3v) is 5.64. The van der Waals surface area contributed by atoms with Gasteiger partial charge in [0.05, 0.1) is 17.9 Å². The quantitative estimate of drug-likeness (QED) is 0.488. The summed E-state index contributed by atoms with van der Waals surface area (Å²) in [5, 5.41) is 7.17. The van der Waals surface area contributed by atoms with Gasteiger partial charge in [0.1, 0.15) is 17.3 Å². The Morgan fingerprint density at radius 2 is 1.79 bits per heavy atom. The van der Waals surface area contributed by atoms with E-state index in [9.17, 15) is 17.6 Å². The first-order valence-corrected chi connectivity index (χ1v) is 10.7. The van der Waals surface area contributed by atoms with Gasteiger partial charge in [-0.05, 0) is 24.5 Å². The summed E-state index contributed by atoms with van der Waals surface area (Å²) in [6.45, 7) is 0.0666. The van der Waals surface area contributed by atoms with E-state index in [4.69, 9.17) is 0 Å². The van der Waals surface area contributed by atoms with E-state index < -0.39 is 27.5 Å². The van der Waals surface area contributed by atoms with Crippen LogP contribution < -0.4 is 4.31 Å². The smallest absolute Gasteiger partial charge is 0.278 e. The molecule has 28 heavy (non-hydrogen) atoms. The minimum Gasteiger partial charge on any atom is -0.321 e. The van der Waals surface area contributed by atoms with E-state index in [1.807, 2.05) is 0 Å². The van der Waals surface area contributed by atoms with E-state index in [0.29, 0.717) is 16.8 Å². The van der Waals surface area contributed by atoms with Crippen LogP contribution in [0.25, 0.3) is 0 Å². The van der Waals surface area contributed by atoms with Gasteiger partial charge in [-0.1, -0.05) is 36.0 Å². The molecule has 0 bridgehead atoms. The predicted octanol–water partition coefficient (Wildman–Crippen LogP) is 5.00. The summed E-state index contributed by atoms with van der Waals surface area (Å²) in [6.07, 6.45) is -1.02. The number of benzene rings is 2. The molecule has 0 radical (unpaired) electrons. The molecule has 0 fully saturated rings. The fourth-order valence-electron chi connectivity index (χ4n) is 2.79. The van der Waals surface area contributed by atoms with E-state index in [2.05, 4.69) is 21.9 Å². The zero-order valence-corrected chi connectivity index (χ0v) is 16.0. The largest absolute Gasteiger partial charge is 0.321 e. The minimum atomic E-state index is -2.69. The van der Waals surface area contributed by atoms with Crippen LogP contribution >= 0.6 is 9.39 Å². The van der Waals surface area contributed by atoms with Gasteiger partial charge in [-0.15, -0.1) is 9.39 Å². The van der Waals surface area contributed by atoms with E-state index in [1.165, 1.54) is 18.2 Å². The van der Waals surface area contributed by atoms with E-state index >= 15 is 0 Å². The molecular weight excluding hydrogens is 390 g/mol. The normalized spacial score (nSPS) is 14.2. The Bertz CT molecular complexity index is 1060. The lowest BCUT2D eigenvalue weighted by atomic mass is 10.0. The van der Waals surface area contributed by atoms with Crippen molar-refractivity contribution >= 4 is 38.2 Å². The minimum absolute atomic E-state index is 0.0666. The third-order valence-electron chi connectivity index (χ3n) is 4.25. The summed E-state index contributed by atoms with van der Waals surface area (Å²) < 4.78 is 56.0. The van der Waals surface area contributed by atoms with Gasteiger partial charge < -0.3 is 4.31 Å². The molecule has 0 saturated carbocycles. The highest BCUT2D eigenvalue weighted by molar-refractivity contribution is 8.28. The number of halogens is 4. The Morgan fingerprint density at radius 1 is 1.07 bits per heavy atom. The fourth-order valence-corrected chi connectivity index (χ4v) is 3.86. The van der Waals surface area contributed by atoms with Crippen LogP contribution in [0, 0.1) is 11.6 Å². The highest BCUT2D eigenvalue weighted by Crippen LogP contribution is 2.33. The molecular formula is C20H19F4N3S. The molecule has 2 aromatic rings. The molecule has 0 amide bonds. The molecule has 2 aromatic carbocycles. The van der Waals surface area contributed by atoms with Crippen molar-refractivity contribution in [1.82, 2.24) is 0 Å². The summed E-state index contributed by atoms with van der Waals surface area (Å²) in [4.78, 5) is 0. The van der Waals surface area contributed by atoms with Gasteiger partial charge in [0.25, 0.3) is 6.43 Å². The van der Waals surface area contributed by atoms with Crippen LogP contribution in [0.4, 0.5) is 23.2 Å². The third kappa shape index (κ3) is 4.27. The molecule has 3 nitrogen and oxygen atoms in total. The Morgan fingerprint density at radius 3 is 2.36 bits per heavy atom. The second-order valence-electron chi connectivity index (χ2n) is 6.63. The Kier molecular flexibility index (Phi) is 5.60. The van der Waals surface area contributed by atoms with E-state index in [1.54, 1.807) is 34.8 Å². The maximum atomic E-state index is 14.7. The molecule has 0 spiro atoms. The summed E-state index contributed by atoms with van der Waals surface area (Å²) in [5.74, 6) is 7.06. The predicted molar refractivity (Wildman–Crippen MR) is 111 cm³/mol. The van der Waals surface area contributed by atoms with Crippen LogP contribution in [0.3, 0.4) is 0 Å². The van der Waals surface area contributed by atoms with Crippen LogP contribution in [-0.4, -0.2) is 35.8 Å². The lowest BCUT2D eigenvalue weighted by Gasteiger charge is -2.31. The lowest BCUT2D eigenvalue weighted by molar-refractivity contribution is 0.224. The van der Waals surface area contributed by atoms with Crippen molar-refractivity contribution in [2.45, 2.75) is 19.4 Å². The van der Waals surface area contributed by atoms with Crippen molar-refractivity contribution < 1.29 is 17.6 Å². The number of alkyl halides is 2. The maximum Gasteiger partial charge on any atom is 0.278 e. The van der Waals surface area contributed by atoms with Gasteiger partial charge >= 0.3 is 0 Å². The molecule has 0 atom stereocenters. The number of anilines is 1. The first-order valence-electron chi connectivity index (χ1n) is 8.33. The van der Waals surface area contributed by atoms with Crippen LogP contribution in [0.15, 0.2) is 52.7 Å². The van der Waals surface area contributed by atoms with Crippen LogP contribution in [0.1, 0.15) is 17.5 Å². The Hall–Kier alpha value is -2.61. The van der Waals surface area contributed by atoms with Crippen LogP contribution in [0.5, 0.6) is 0 Å². The first-order chi connectivity index (χ1) is 13.2. The average molecular weight is 409 g/mol. The maximum absolute atomic E-state index is 14.7. The van der Waals surface area contributed by atoms with Gasteiger partial charge in [-0.25, -0.2) is 17.6 Å². The van der Waals surface area contributed by atoms with Gasteiger partial charge in [0.2, 0.25) is 0 Å². The number of nitrogens with zero attached hydrogens (tertiary/aromatic N) is 3. The van der Waals surface area contributed by atoms with Gasteiger partial charge in [0.15, 0.2) is 0 Å². The van der Waals surface area contributed by atoms with E-state index in [-0.39, 0.29) is 24.4 Å². The summed E-state index contributed by atoms with van der Waals surface area (Å²) >= 11 is 0. The second kappa shape index (κ2) is 7.79. The molecule has 0 saturated heterocycles. The monoisotopic (exact) mass is 409 g/mol. The molecule has 1 heterocycles. The summed E-state index contributed by atoms with van der Waals surface area (Å²) in [6, 6.07) is 10.5. The SMILES string of the molecule is C=S(=C)(C)N(Cc1ccc(C2=NN=C(C(F)F)C2)cc1F)c1ccccc1F. The Balaban J connectivity index is 1.87. The highest BCUT2D eigenvalue weighted by atomic mass is 32.2. The topological polar surface area (TPSA) is 28.0 Å². The molecule has 0 aromatic heterocycles. The highest BCUT2D eigenvalue weighted by Gasteiger charge is 2.23. The van der Waals surface area contributed by atoms with Gasteiger partial charge in [0, 0.05) is 17.5 Å². The summed E-state index contributed by atoms with van der Waals surface area (Å²) in [7, 11) is -1.90. The fraction of sp³-hybridized carbons (Fsp3) is 0.200. The number of hydrogen-bond donors (Lipinski definition) is 0. The molecule has 1 aliphatic heterocycles. The zero-order chi connectivity index (χ0) is 20.5. The van der Waals surface area contributed by atoms with E-state index in [0.717, 1.165) is 0 Å². The van der Waals surface area contributed by atoms with Crippen LogP contribution in [0.2, 0.25) is 0 Å². The van der Waals surface area contributed by atoms with Crippen molar-refractivity contribution in [2.75, 3.05) is 10.6 Å². The second-order valence-corrected chi connectivity index (χ2v) is 9.52. The lowest BCUT2D eigenvalue weighted by Crippen LogP contribution is -2.20. The van der Waals surface area contributed by atoms with Crippen molar-refractivity contribution in [1.29, 1.82) is 0 Å². The standard InChI is InChI=1S/C20H19F4N3S/c1-28(2,3)27(19-7-5-4-6-15(19)21)12-14-9-8-13(10-16(14)22)17-11-18(20(23)24)26-25-17/h4-10,20H,1-2,11-12H2,3H3. The van der Waals surface area contributed by atoms with Crippen molar-refractivity contribution in [2.24, 2.45) is 10.2 Å². The zero-order valence-electron chi connectivity index (χ0n) is 15.2. The number of hydrogen-bond acceptors (Lipinski definition) is 3. The van der Waals surface area contributed by atoms with Crippen molar-refractivity contribution in [3.05, 3.63) is 65.2 Å². The Labute approximate surface area is 161 Å². The molecule has 0 aliphatic carbocycles. The molecule has 0 unspecified atom stereocenters. The number of para-hydroxylation sites is 1. The molecule has 148 valence electrons. The van der Waals surface area contributed by atoms with Crippen molar-refractivity contribution in [3.63, 3.8) is 0 Å². The molecule has 3 rings (SSSR count). The first kappa shape index (κ1) is 20.1. The van der Waals surface area contributed by atoms with Gasteiger partial charge in [-0.2, -0.15) is 10.2 Å². The molecule has 8 heteroatoms. The summed E-state index contributed by atoms with van der Waals surface area (Å²) in [5.41, 5.74) is 0.947. The number of rotatable bonds is 6. The average Bonchev–Trinajstić information content (AvgIpc) is 3.11. The van der Waals surface area contributed by atoms with Gasteiger partial charge in [-0.3, -0.25) is 0 Å². The molecule has 1 aliphatic rings. The molecule has 0 N–H and O–H groups in total. The van der Waals surface area contributed by atoms with Crippen molar-refractivity contribution in [3.8, 4) is 0 Å². The van der Waals surface area contributed by atoms with Crippen LogP contribution in [-0.2, 0) is 6.54 Å².